The Hall–Kier alpha value is -0.560. The van der Waals surface area contributed by atoms with E-state index in [1.807, 2.05) is 0 Å². The molecule has 0 aliphatic heterocycles. The first-order valence-electron chi connectivity index (χ1n) is 4.28. The number of nitrogens with zero attached hydrogens (tertiary/aromatic N) is 3. The Labute approximate surface area is 104 Å². The lowest BCUT2D eigenvalue weighted by Gasteiger charge is -2.28. The Bertz CT molecular complexity index is 367. The molecule has 1 rings (SSSR count). The van der Waals surface area contributed by atoms with Gasteiger partial charge in [-0.3, -0.25) is 4.79 Å². The smallest absolute Gasteiger partial charge is 0.250 e. The topological polar surface area (TPSA) is 47.8 Å². The second-order valence-electron chi connectivity index (χ2n) is 3.54. The summed E-state index contributed by atoms with van der Waals surface area (Å²) in [5.74, 6) is -0.850. The van der Waals surface area contributed by atoms with Crippen molar-refractivity contribution in [3.8, 4) is 0 Å². The highest BCUT2D eigenvalue weighted by atomic mass is 79.9. The molecule has 4 nitrogen and oxygen atoms in total. The first kappa shape index (κ1) is 13.5. The zero-order valence-corrected chi connectivity index (χ0v) is 10.7. The van der Waals surface area contributed by atoms with Gasteiger partial charge in [-0.25, -0.2) is 18.4 Å². The number of carbonyl (C=O) groups excluding carboxylic acids is 1. The van der Waals surface area contributed by atoms with Crippen molar-refractivity contribution in [2.75, 3.05) is 13.3 Å². The second-order valence-corrected chi connectivity index (χ2v) is 5.69. The van der Waals surface area contributed by atoms with Gasteiger partial charge in [-0.15, -0.1) is 0 Å². The summed E-state index contributed by atoms with van der Waals surface area (Å²) in [4.78, 5) is 15.5. The molecule has 0 saturated heterocycles. The fourth-order valence-electron chi connectivity index (χ4n) is 0.977. The number of hydrogen-bond donors (Lipinski definition) is 0. The van der Waals surface area contributed by atoms with E-state index in [9.17, 15) is 13.6 Å². The van der Waals surface area contributed by atoms with Gasteiger partial charge in [-0.1, -0.05) is 11.6 Å². The van der Waals surface area contributed by atoms with E-state index in [1.165, 1.54) is 6.33 Å². The zero-order valence-electron chi connectivity index (χ0n) is 8.33. The van der Waals surface area contributed by atoms with Gasteiger partial charge in [0.25, 0.3) is 3.91 Å². The summed E-state index contributed by atoms with van der Waals surface area (Å²) < 4.78 is 24.5. The van der Waals surface area contributed by atoms with E-state index in [2.05, 4.69) is 26.0 Å². The third-order valence-electron chi connectivity index (χ3n) is 2.12. The molecule has 90 valence electrons. The maximum absolute atomic E-state index is 12.7. The Morgan fingerprint density at radius 2 is 2.12 bits per heavy atom. The lowest BCUT2D eigenvalue weighted by Crippen LogP contribution is -2.44. The molecule has 0 radical (unpaired) electrons. The van der Waals surface area contributed by atoms with Gasteiger partial charge < -0.3 is 0 Å². The van der Waals surface area contributed by atoms with Gasteiger partial charge in [0.05, 0.1) is 5.41 Å². The number of hydrogen-bond acceptors (Lipinski definition) is 3. The van der Waals surface area contributed by atoms with Crippen molar-refractivity contribution in [3.63, 3.8) is 0 Å². The molecule has 1 aromatic heterocycles. The molecule has 0 amide bonds. The fourth-order valence-corrected chi connectivity index (χ4v) is 1.95. The number of carbonyl (C=O) groups is 1. The summed E-state index contributed by atoms with van der Waals surface area (Å²) in [5.41, 5.74) is -1.79. The molecule has 1 heterocycles. The van der Waals surface area contributed by atoms with Crippen molar-refractivity contribution in [3.05, 3.63) is 12.7 Å². The molecule has 0 saturated carbocycles. The Morgan fingerprint density at radius 1 is 1.56 bits per heavy atom. The molecule has 0 N–H and O–H groups in total. The Kier molecular flexibility index (Phi) is 4.01. The van der Waals surface area contributed by atoms with Crippen LogP contribution in [0.25, 0.3) is 0 Å². The van der Waals surface area contributed by atoms with Crippen LogP contribution in [-0.4, -0.2) is 33.9 Å². The molecule has 0 aliphatic rings. The predicted octanol–water partition coefficient (Wildman–Crippen LogP) is 2.04. The van der Waals surface area contributed by atoms with Gasteiger partial charge in [0.1, 0.15) is 26.0 Å². The van der Waals surface area contributed by atoms with Crippen LogP contribution in [0, 0.1) is 5.41 Å². The summed E-state index contributed by atoms with van der Waals surface area (Å²) in [5, 5.41) is 3.65. The molecule has 8 heteroatoms. The van der Waals surface area contributed by atoms with Crippen LogP contribution in [0.15, 0.2) is 12.7 Å². The minimum atomic E-state index is -1.82. The van der Waals surface area contributed by atoms with Crippen molar-refractivity contribution in [1.82, 2.24) is 14.8 Å². The van der Waals surface area contributed by atoms with E-state index in [1.54, 1.807) is 0 Å². The number of halogens is 4. The van der Waals surface area contributed by atoms with Crippen LogP contribution in [0.3, 0.4) is 0 Å². The van der Waals surface area contributed by atoms with Gasteiger partial charge in [0.2, 0.25) is 0 Å². The van der Waals surface area contributed by atoms with Crippen molar-refractivity contribution >= 4 is 33.3 Å². The maximum atomic E-state index is 12.7. The lowest BCUT2D eigenvalue weighted by atomic mass is 9.88. The number of Topliss-reactive ketones (excluding diaryl/α,β-unsaturated/α-hetero) is 1. The molecule has 0 spiro atoms. The van der Waals surface area contributed by atoms with Crippen LogP contribution < -0.4 is 0 Å². The predicted molar refractivity (Wildman–Crippen MR) is 57.8 cm³/mol. The van der Waals surface area contributed by atoms with Crippen LogP contribution in [0.4, 0.5) is 8.78 Å². The Morgan fingerprint density at radius 3 is 2.50 bits per heavy atom. The Balaban J connectivity index is 3.05. The van der Waals surface area contributed by atoms with E-state index in [4.69, 9.17) is 11.6 Å². The first-order chi connectivity index (χ1) is 7.38. The summed E-state index contributed by atoms with van der Waals surface area (Å²) in [6.45, 7) is -1.13. The maximum Gasteiger partial charge on any atom is 0.250 e. The van der Waals surface area contributed by atoms with Crippen molar-refractivity contribution < 1.29 is 13.6 Å². The van der Waals surface area contributed by atoms with Gasteiger partial charge in [0.15, 0.2) is 5.78 Å². The molecule has 0 fully saturated rings. The largest absolute Gasteiger partial charge is 0.294 e. The average Bonchev–Trinajstić information content (AvgIpc) is 2.81. The van der Waals surface area contributed by atoms with Gasteiger partial charge in [-0.2, -0.15) is 5.10 Å². The minimum Gasteiger partial charge on any atom is -0.294 e. The first-order valence-corrected chi connectivity index (χ1v) is 5.45. The van der Waals surface area contributed by atoms with Crippen molar-refractivity contribution in [2.45, 2.75) is 10.8 Å². The van der Waals surface area contributed by atoms with Crippen LogP contribution >= 0.6 is 27.5 Å². The molecule has 1 aromatic rings. The SMILES string of the molecule is CC(CF)(CF)C(=O)C(Cl)(Br)n1cncn1. The molecule has 1 unspecified atom stereocenters. The molecule has 16 heavy (non-hydrogen) atoms. The minimum absolute atomic E-state index is 0.850. The zero-order chi connectivity index (χ0) is 12.4. The summed E-state index contributed by atoms with van der Waals surface area (Å²) in [6, 6.07) is 0. The van der Waals surface area contributed by atoms with Crippen molar-refractivity contribution in [1.29, 1.82) is 0 Å². The number of rotatable bonds is 5. The third kappa shape index (κ3) is 2.24. The summed E-state index contributed by atoms with van der Waals surface area (Å²) in [7, 11) is 0. The highest BCUT2D eigenvalue weighted by Gasteiger charge is 2.48. The molecule has 0 aliphatic carbocycles. The molecule has 1 atom stereocenters. The second kappa shape index (κ2) is 4.75. The monoisotopic (exact) mass is 315 g/mol. The standard InChI is InChI=1S/C8H9BrClF2N3O/c1-7(2-11,3-12)6(16)8(9,10)15-5-13-4-14-15/h4-5H,2-3H2,1H3. The normalized spacial score (nSPS) is 15.8. The van der Waals surface area contributed by atoms with E-state index >= 15 is 0 Å². The van der Waals surface area contributed by atoms with Gasteiger partial charge in [0, 0.05) is 0 Å². The number of aromatic nitrogens is 3. The van der Waals surface area contributed by atoms with E-state index in [-0.39, 0.29) is 0 Å². The van der Waals surface area contributed by atoms with Crippen LogP contribution in [0.2, 0.25) is 0 Å². The van der Waals surface area contributed by atoms with E-state index in [0.29, 0.717) is 0 Å². The third-order valence-corrected chi connectivity index (χ3v) is 3.19. The molecule has 0 aromatic carbocycles. The molecular formula is C8H9BrClF2N3O. The van der Waals surface area contributed by atoms with Crippen LogP contribution in [0.1, 0.15) is 6.92 Å². The lowest BCUT2D eigenvalue weighted by molar-refractivity contribution is -0.132. The molecule has 0 bridgehead atoms. The van der Waals surface area contributed by atoms with E-state index < -0.39 is 28.5 Å². The van der Waals surface area contributed by atoms with E-state index in [0.717, 1.165) is 17.9 Å². The van der Waals surface area contributed by atoms with Crippen molar-refractivity contribution in [2.24, 2.45) is 5.41 Å². The number of alkyl halides is 4. The fraction of sp³-hybridized carbons (Fsp3) is 0.625. The highest BCUT2D eigenvalue weighted by molar-refractivity contribution is 9.10. The summed E-state index contributed by atoms with van der Waals surface area (Å²) >= 11 is 8.78. The number of ketones is 1. The van der Waals surface area contributed by atoms with Gasteiger partial charge >= 0.3 is 0 Å². The van der Waals surface area contributed by atoms with Crippen LogP contribution in [0.5, 0.6) is 0 Å². The quantitative estimate of drug-likeness (QED) is 0.781. The van der Waals surface area contributed by atoms with Gasteiger partial charge in [-0.05, 0) is 22.9 Å². The van der Waals surface area contributed by atoms with Crippen LogP contribution in [-0.2, 0) is 8.70 Å². The summed E-state index contributed by atoms with van der Waals surface area (Å²) in [6.07, 6.45) is 2.34. The molecular weight excluding hydrogens is 307 g/mol. The average molecular weight is 317 g/mol. The highest BCUT2D eigenvalue weighted by Crippen LogP contribution is 2.38.